The summed E-state index contributed by atoms with van der Waals surface area (Å²) < 4.78 is 9.89. The van der Waals surface area contributed by atoms with Gasteiger partial charge < -0.3 is 19.3 Å². The third kappa shape index (κ3) is 5.57. The number of hydrogen-bond donors (Lipinski definition) is 1. The normalized spacial score (nSPS) is 16.9. The maximum absolute atomic E-state index is 12.7. The summed E-state index contributed by atoms with van der Waals surface area (Å²) in [5, 5.41) is 3.16. The number of nitrogens with zero attached hydrogens (tertiary/aromatic N) is 4. The molecule has 3 amide bonds. The number of carbonyl (C=O) groups is 3. The van der Waals surface area contributed by atoms with E-state index in [4.69, 9.17) is 9.47 Å². The predicted octanol–water partition coefficient (Wildman–Crippen LogP) is 1.37. The Kier molecular flexibility index (Phi) is 7.26. The number of aromatic nitrogens is 1. The fraction of sp³-hybridized carbons (Fsp3) is 0.667. The first-order valence-corrected chi connectivity index (χ1v) is 10.7. The Morgan fingerprint density at radius 3 is 2.41 bits per heavy atom. The summed E-state index contributed by atoms with van der Waals surface area (Å²) in [5.74, 6) is 0.0614. The van der Waals surface area contributed by atoms with Crippen LogP contribution in [-0.2, 0) is 27.2 Å². The molecule has 0 bridgehead atoms. The SMILES string of the molecule is CCOC(=O)Nc1nc2c(s1)CN(CC(=O)N1CCN(C(=O)OCC)CC1)CC2. The first kappa shape index (κ1) is 21.3. The minimum absolute atomic E-state index is 0.0614. The van der Waals surface area contributed by atoms with Gasteiger partial charge >= 0.3 is 12.2 Å². The second kappa shape index (κ2) is 9.88. The molecule has 3 heterocycles. The molecule has 1 aromatic rings. The Hall–Kier alpha value is -2.40. The van der Waals surface area contributed by atoms with Gasteiger partial charge in [0.25, 0.3) is 0 Å². The van der Waals surface area contributed by atoms with Gasteiger partial charge in [0, 0.05) is 50.6 Å². The van der Waals surface area contributed by atoms with Crippen molar-refractivity contribution in [3.63, 3.8) is 0 Å². The third-order valence-corrected chi connectivity index (χ3v) is 5.81. The lowest BCUT2D eigenvalue weighted by Crippen LogP contribution is -2.53. The molecule has 160 valence electrons. The Morgan fingerprint density at radius 1 is 1.03 bits per heavy atom. The molecule has 0 atom stereocenters. The molecule has 0 aromatic carbocycles. The highest BCUT2D eigenvalue weighted by molar-refractivity contribution is 7.15. The van der Waals surface area contributed by atoms with Crippen LogP contribution in [0.3, 0.4) is 0 Å². The molecule has 3 rings (SSSR count). The molecule has 1 saturated heterocycles. The van der Waals surface area contributed by atoms with Crippen LogP contribution >= 0.6 is 11.3 Å². The first-order valence-electron chi connectivity index (χ1n) is 9.84. The Morgan fingerprint density at radius 2 is 1.72 bits per heavy atom. The van der Waals surface area contributed by atoms with E-state index in [1.165, 1.54) is 11.3 Å². The zero-order chi connectivity index (χ0) is 20.8. The average molecular weight is 426 g/mol. The van der Waals surface area contributed by atoms with E-state index in [-0.39, 0.29) is 12.0 Å². The third-order valence-electron chi connectivity index (χ3n) is 4.81. The molecule has 0 aliphatic carbocycles. The van der Waals surface area contributed by atoms with Crippen molar-refractivity contribution in [2.24, 2.45) is 0 Å². The van der Waals surface area contributed by atoms with Gasteiger partial charge in [0.2, 0.25) is 5.91 Å². The average Bonchev–Trinajstić information content (AvgIpc) is 3.09. The maximum Gasteiger partial charge on any atom is 0.413 e. The van der Waals surface area contributed by atoms with Crippen LogP contribution < -0.4 is 5.32 Å². The van der Waals surface area contributed by atoms with Crippen LogP contribution in [-0.4, -0.2) is 90.3 Å². The number of hydrogen-bond acceptors (Lipinski definition) is 8. The summed E-state index contributed by atoms with van der Waals surface area (Å²) in [7, 11) is 0. The van der Waals surface area contributed by atoms with Gasteiger partial charge in [-0.05, 0) is 13.8 Å². The highest BCUT2D eigenvalue weighted by atomic mass is 32.1. The van der Waals surface area contributed by atoms with E-state index >= 15 is 0 Å². The lowest BCUT2D eigenvalue weighted by molar-refractivity contribution is -0.134. The summed E-state index contributed by atoms with van der Waals surface area (Å²) in [4.78, 5) is 47.0. The van der Waals surface area contributed by atoms with Crippen molar-refractivity contribution in [1.82, 2.24) is 19.7 Å². The van der Waals surface area contributed by atoms with E-state index in [0.717, 1.165) is 23.5 Å². The van der Waals surface area contributed by atoms with E-state index in [0.29, 0.717) is 57.6 Å². The second-order valence-corrected chi connectivity index (χ2v) is 7.85. The maximum atomic E-state index is 12.7. The number of rotatable bonds is 5. The van der Waals surface area contributed by atoms with Crippen molar-refractivity contribution < 1.29 is 23.9 Å². The second-order valence-electron chi connectivity index (χ2n) is 6.76. The molecular formula is C18H27N5O5S. The highest BCUT2D eigenvalue weighted by Gasteiger charge is 2.28. The summed E-state index contributed by atoms with van der Waals surface area (Å²) in [6.45, 7) is 7.91. The van der Waals surface area contributed by atoms with Crippen molar-refractivity contribution in [3.05, 3.63) is 10.6 Å². The summed E-state index contributed by atoms with van der Waals surface area (Å²) in [6, 6.07) is 0. The number of fused-ring (bicyclic) bond motifs is 1. The topological polar surface area (TPSA) is 104 Å². The fourth-order valence-corrected chi connectivity index (χ4v) is 4.37. The van der Waals surface area contributed by atoms with E-state index in [2.05, 4.69) is 15.2 Å². The molecule has 29 heavy (non-hydrogen) atoms. The number of thiazole rings is 1. The Bertz CT molecular complexity index is 747. The molecule has 2 aliphatic heterocycles. The zero-order valence-electron chi connectivity index (χ0n) is 16.8. The Labute approximate surface area is 173 Å². The summed E-state index contributed by atoms with van der Waals surface area (Å²) >= 11 is 1.42. The molecule has 10 nitrogen and oxygen atoms in total. The summed E-state index contributed by atoms with van der Waals surface area (Å²) in [5.41, 5.74) is 0.966. The van der Waals surface area contributed by atoms with Crippen LogP contribution in [0.15, 0.2) is 0 Å². The van der Waals surface area contributed by atoms with Crippen LogP contribution in [0.2, 0.25) is 0 Å². The van der Waals surface area contributed by atoms with Gasteiger partial charge in [-0.2, -0.15) is 0 Å². The standard InChI is InChI=1S/C18H27N5O5S/c1-3-27-17(25)20-16-19-13-5-6-21(11-14(13)29-16)12-15(24)22-7-9-23(10-8-22)18(26)28-4-2/h3-12H2,1-2H3,(H,19,20,25). The minimum Gasteiger partial charge on any atom is -0.450 e. The number of carbonyl (C=O) groups excluding carboxylic acids is 3. The van der Waals surface area contributed by atoms with Crippen molar-refractivity contribution in [3.8, 4) is 0 Å². The molecule has 1 fully saturated rings. The van der Waals surface area contributed by atoms with Gasteiger partial charge in [-0.3, -0.25) is 15.0 Å². The lowest BCUT2D eigenvalue weighted by Gasteiger charge is -2.35. The number of anilines is 1. The van der Waals surface area contributed by atoms with Crippen LogP contribution in [0.4, 0.5) is 14.7 Å². The molecule has 1 aromatic heterocycles. The number of amides is 3. The largest absolute Gasteiger partial charge is 0.450 e. The first-order chi connectivity index (χ1) is 14.0. The van der Waals surface area contributed by atoms with Crippen molar-refractivity contribution in [1.29, 1.82) is 0 Å². The van der Waals surface area contributed by atoms with Crippen LogP contribution in [0.5, 0.6) is 0 Å². The van der Waals surface area contributed by atoms with E-state index in [1.54, 1.807) is 23.6 Å². The predicted molar refractivity (Wildman–Crippen MR) is 107 cm³/mol. The molecule has 1 N–H and O–H groups in total. The van der Waals surface area contributed by atoms with Gasteiger partial charge in [-0.1, -0.05) is 11.3 Å². The van der Waals surface area contributed by atoms with E-state index in [1.807, 2.05) is 0 Å². The molecule has 11 heteroatoms. The Balaban J connectivity index is 1.47. The monoisotopic (exact) mass is 425 g/mol. The fourth-order valence-electron chi connectivity index (χ4n) is 3.34. The molecule has 0 spiro atoms. The van der Waals surface area contributed by atoms with Crippen molar-refractivity contribution in [2.75, 3.05) is 57.8 Å². The van der Waals surface area contributed by atoms with Gasteiger partial charge in [0.1, 0.15) is 0 Å². The molecule has 0 radical (unpaired) electrons. The summed E-state index contributed by atoms with van der Waals surface area (Å²) in [6.07, 6.45) is -0.0894. The lowest BCUT2D eigenvalue weighted by atomic mass is 10.2. The van der Waals surface area contributed by atoms with Gasteiger partial charge in [-0.25, -0.2) is 14.6 Å². The number of ether oxygens (including phenoxy) is 2. The number of nitrogens with one attached hydrogen (secondary N) is 1. The van der Waals surface area contributed by atoms with E-state index < -0.39 is 6.09 Å². The minimum atomic E-state index is -0.507. The molecule has 0 unspecified atom stereocenters. The quantitative estimate of drug-likeness (QED) is 0.760. The van der Waals surface area contributed by atoms with Crippen LogP contribution in [0.1, 0.15) is 24.4 Å². The van der Waals surface area contributed by atoms with Gasteiger partial charge in [0.15, 0.2) is 5.13 Å². The van der Waals surface area contributed by atoms with E-state index in [9.17, 15) is 14.4 Å². The molecular weight excluding hydrogens is 398 g/mol. The van der Waals surface area contributed by atoms with Crippen molar-refractivity contribution in [2.45, 2.75) is 26.8 Å². The molecule has 0 saturated carbocycles. The smallest absolute Gasteiger partial charge is 0.413 e. The van der Waals surface area contributed by atoms with Crippen molar-refractivity contribution >= 4 is 34.6 Å². The van der Waals surface area contributed by atoms with Crippen LogP contribution in [0.25, 0.3) is 0 Å². The zero-order valence-corrected chi connectivity index (χ0v) is 17.6. The molecule has 2 aliphatic rings. The van der Waals surface area contributed by atoms with Crippen LogP contribution in [0, 0.1) is 0 Å². The van der Waals surface area contributed by atoms with Gasteiger partial charge in [0.05, 0.1) is 25.5 Å². The highest BCUT2D eigenvalue weighted by Crippen LogP contribution is 2.28. The number of piperazine rings is 1. The van der Waals surface area contributed by atoms with Gasteiger partial charge in [-0.15, -0.1) is 0 Å².